The number of ether oxygens (including phenoxy) is 1. The minimum absolute atomic E-state index is 0.227. The lowest BCUT2D eigenvalue weighted by atomic mass is 10.3. The molecule has 3 aromatic rings. The van der Waals surface area contributed by atoms with Gasteiger partial charge in [0.2, 0.25) is 5.95 Å². The van der Waals surface area contributed by atoms with Crippen LogP contribution in [-0.4, -0.2) is 26.6 Å². The third kappa shape index (κ3) is 2.88. The maximum absolute atomic E-state index is 5.49. The number of nitrogen functional groups attached to an aromatic ring is 1. The van der Waals surface area contributed by atoms with E-state index in [2.05, 4.69) is 39.5 Å². The molecule has 0 aliphatic rings. The highest BCUT2D eigenvalue weighted by Crippen LogP contribution is 2.27. The van der Waals surface area contributed by atoms with Crippen LogP contribution >= 0.6 is 0 Å². The van der Waals surface area contributed by atoms with Gasteiger partial charge in [0.25, 0.3) is 0 Å². The molecule has 2 aromatic heterocycles. The Morgan fingerprint density at radius 1 is 1.26 bits per heavy atom. The zero-order valence-corrected chi connectivity index (χ0v) is 13.2. The molecule has 0 aliphatic heterocycles. The Hall–Kier alpha value is -2.87. The minimum Gasteiger partial charge on any atom is -0.497 e. The van der Waals surface area contributed by atoms with Gasteiger partial charge in [-0.25, -0.2) is 10.8 Å². The largest absolute Gasteiger partial charge is 0.497 e. The molecule has 0 saturated heterocycles. The van der Waals surface area contributed by atoms with Crippen LogP contribution in [0.15, 0.2) is 30.6 Å². The lowest BCUT2D eigenvalue weighted by molar-refractivity contribution is 0.415. The van der Waals surface area contributed by atoms with Gasteiger partial charge >= 0.3 is 0 Å². The Bertz CT molecular complexity index is 828. The van der Waals surface area contributed by atoms with Gasteiger partial charge in [-0.2, -0.15) is 9.97 Å². The maximum atomic E-state index is 5.49. The summed E-state index contributed by atoms with van der Waals surface area (Å²) in [6.07, 6.45) is 1.75. The average Bonchev–Trinajstić information content (AvgIpc) is 2.99. The fraction of sp³-hybridized carbons (Fsp3) is 0.267. The van der Waals surface area contributed by atoms with Crippen molar-refractivity contribution in [2.24, 2.45) is 5.84 Å². The van der Waals surface area contributed by atoms with Crippen LogP contribution in [0.5, 0.6) is 5.75 Å². The summed E-state index contributed by atoms with van der Waals surface area (Å²) in [6.45, 7) is 4.13. The molecule has 0 unspecified atom stereocenters. The summed E-state index contributed by atoms with van der Waals surface area (Å²) in [7, 11) is 1.63. The molecule has 0 atom stereocenters. The van der Waals surface area contributed by atoms with Crippen LogP contribution in [0.1, 0.15) is 19.9 Å². The number of nitrogens with one attached hydrogen (secondary N) is 2. The number of benzene rings is 1. The van der Waals surface area contributed by atoms with Crippen LogP contribution in [-0.2, 0) is 0 Å². The molecule has 8 nitrogen and oxygen atoms in total. The zero-order valence-electron chi connectivity index (χ0n) is 13.2. The Morgan fingerprint density at radius 2 is 2.09 bits per heavy atom. The standard InChI is InChI=1S/C15H19N7O/c1-9(2)22-8-17-12-13(19-15(21-16)20-14(12)22)18-10-5-4-6-11(7-10)23-3/h4-9H,16H2,1-3H3,(H2,18,19,20,21). The summed E-state index contributed by atoms with van der Waals surface area (Å²) >= 11 is 0. The molecular formula is C15H19N7O. The van der Waals surface area contributed by atoms with Crippen LogP contribution in [0.3, 0.4) is 0 Å². The average molecular weight is 313 g/mol. The van der Waals surface area contributed by atoms with Crippen LogP contribution in [0, 0.1) is 0 Å². The van der Waals surface area contributed by atoms with E-state index >= 15 is 0 Å². The summed E-state index contributed by atoms with van der Waals surface area (Å²) in [5, 5.41) is 3.25. The number of hydrogen-bond acceptors (Lipinski definition) is 7. The predicted octanol–water partition coefficient (Wildman–Crippen LogP) is 2.45. The SMILES string of the molecule is COc1cccc(Nc2nc(NN)nc3c2ncn3C(C)C)c1. The summed E-state index contributed by atoms with van der Waals surface area (Å²) in [5.41, 5.74) is 4.73. The van der Waals surface area contributed by atoms with E-state index in [4.69, 9.17) is 10.6 Å². The van der Waals surface area contributed by atoms with Crippen molar-refractivity contribution in [1.82, 2.24) is 19.5 Å². The molecule has 8 heteroatoms. The molecule has 0 aliphatic carbocycles. The number of hydrogen-bond donors (Lipinski definition) is 3. The number of methoxy groups -OCH3 is 1. The van der Waals surface area contributed by atoms with E-state index in [1.54, 1.807) is 13.4 Å². The van der Waals surface area contributed by atoms with Gasteiger partial charge in [-0.15, -0.1) is 0 Å². The summed E-state index contributed by atoms with van der Waals surface area (Å²) < 4.78 is 7.20. The fourth-order valence-electron chi connectivity index (χ4n) is 2.28. The van der Waals surface area contributed by atoms with E-state index in [1.807, 2.05) is 28.8 Å². The molecule has 2 heterocycles. The van der Waals surface area contributed by atoms with E-state index in [0.29, 0.717) is 22.9 Å². The van der Waals surface area contributed by atoms with E-state index in [1.165, 1.54) is 0 Å². The predicted molar refractivity (Wildman–Crippen MR) is 89.8 cm³/mol. The summed E-state index contributed by atoms with van der Waals surface area (Å²) in [5.74, 6) is 7.15. The smallest absolute Gasteiger partial charge is 0.241 e. The van der Waals surface area contributed by atoms with E-state index in [9.17, 15) is 0 Å². The third-order valence-corrected chi connectivity index (χ3v) is 3.44. The molecule has 0 fully saturated rings. The highest BCUT2D eigenvalue weighted by molar-refractivity contribution is 5.86. The number of imidazole rings is 1. The Kier molecular flexibility index (Phi) is 3.98. The topological polar surface area (TPSA) is 103 Å². The summed E-state index contributed by atoms with van der Waals surface area (Å²) in [4.78, 5) is 13.2. The van der Waals surface area contributed by atoms with Crippen molar-refractivity contribution in [1.29, 1.82) is 0 Å². The van der Waals surface area contributed by atoms with E-state index in [0.717, 1.165) is 11.4 Å². The first kappa shape index (κ1) is 15.0. The van der Waals surface area contributed by atoms with Crippen LogP contribution in [0.4, 0.5) is 17.5 Å². The van der Waals surface area contributed by atoms with Gasteiger partial charge < -0.3 is 14.6 Å². The van der Waals surface area contributed by atoms with Gasteiger partial charge in [-0.05, 0) is 26.0 Å². The van der Waals surface area contributed by atoms with E-state index in [-0.39, 0.29) is 6.04 Å². The van der Waals surface area contributed by atoms with Gasteiger partial charge in [0.05, 0.1) is 13.4 Å². The van der Waals surface area contributed by atoms with Crippen LogP contribution in [0.25, 0.3) is 11.2 Å². The van der Waals surface area contributed by atoms with Crippen LogP contribution < -0.4 is 21.3 Å². The van der Waals surface area contributed by atoms with Crippen molar-refractivity contribution in [3.05, 3.63) is 30.6 Å². The zero-order chi connectivity index (χ0) is 16.4. The lowest BCUT2D eigenvalue weighted by Gasteiger charge is -2.11. The number of anilines is 3. The normalized spacial score (nSPS) is 11.0. The number of rotatable bonds is 5. The highest BCUT2D eigenvalue weighted by atomic mass is 16.5. The first-order valence-electron chi connectivity index (χ1n) is 7.24. The molecule has 3 rings (SSSR count). The second kappa shape index (κ2) is 6.09. The lowest BCUT2D eigenvalue weighted by Crippen LogP contribution is -2.12. The first-order valence-corrected chi connectivity index (χ1v) is 7.24. The molecule has 0 bridgehead atoms. The Morgan fingerprint density at radius 3 is 2.78 bits per heavy atom. The van der Waals surface area contributed by atoms with Crippen molar-refractivity contribution < 1.29 is 4.74 Å². The molecule has 0 radical (unpaired) electrons. The summed E-state index contributed by atoms with van der Waals surface area (Å²) in [6, 6.07) is 7.80. The van der Waals surface area contributed by atoms with Crippen molar-refractivity contribution >= 4 is 28.6 Å². The minimum atomic E-state index is 0.227. The van der Waals surface area contributed by atoms with E-state index < -0.39 is 0 Å². The van der Waals surface area contributed by atoms with Crippen molar-refractivity contribution in [3.63, 3.8) is 0 Å². The molecule has 120 valence electrons. The Balaban J connectivity index is 2.08. The second-order valence-corrected chi connectivity index (χ2v) is 5.31. The van der Waals surface area contributed by atoms with Crippen LogP contribution in [0.2, 0.25) is 0 Å². The van der Waals surface area contributed by atoms with Crippen molar-refractivity contribution in [2.45, 2.75) is 19.9 Å². The van der Waals surface area contributed by atoms with Gasteiger partial charge in [-0.1, -0.05) is 6.07 Å². The molecule has 0 amide bonds. The second-order valence-electron chi connectivity index (χ2n) is 5.31. The van der Waals surface area contributed by atoms with Crippen molar-refractivity contribution in [3.8, 4) is 5.75 Å². The van der Waals surface area contributed by atoms with Gasteiger partial charge in [0, 0.05) is 17.8 Å². The number of hydrazine groups is 1. The molecular weight excluding hydrogens is 294 g/mol. The van der Waals surface area contributed by atoms with Crippen molar-refractivity contribution in [2.75, 3.05) is 17.9 Å². The maximum Gasteiger partial charge on any atom is 0.241 e. The highest BCUT2D eigenvalue weighted by Gasteiger charge is 2.14. The fourth-order valence-corrected chi connectivity index (χ4v) is 2.28. The number of nitrogens with zero attached hydrogens (tertiary/aromatic N) is 4. The number of nitrogens with two attached hydrogens (primary N) is 1. The number of fused-ring (bicyclic) bond motifs is 1. The molecule has 0 spiro atoms. The first-order chi connectivity index (χ1) is 11.1. The van der Waals surface area contributed by atoms with Gasteiger partial charge in [0.1, 0.15) is 5.75 Å². The molecule has 0 saturated carbocycles. The molecule has 4 N–H and O–H groups in total. The quantitative estimate of drug-likeness (QED) is 0.491. The molecule has 1 aromatic carbocycles. The molecule has 23 heavy (non-hydrogen) atoms. The third-order valence-electron chi connectivity index (χ3n) is 3.44. The van der Waals surface area contributed by atoms with Gasteiger partial charge in [-0.3, -0.25) is 5.43 Å². The van der Waals surface area contributed by atoms with Gasteiger partial charge in [0.15, 0.2) is 17.0 Å². The number of aromatic nitrogens is 4. The Labute approximate surface area is 133 Å². The monoisotopic (exact) mass is 313 g/mol.